The zero-order chi connectivity index (χ0) is 17.2. The molecule has 5 nitrogen and oxygen atoms in total. The Balaban J connectivity index is 2.00. The van der Waals surface area contributed by atoms with Crippen molar-refractivity contribution in [1.82, 2.24) is 0 Å². The Morgan fingerprint density at radius 3 is 2.71 bits per heavy atom. The van der Waals surface area contributed by atoms with Crippen LogP contribution in [0.1, 0.15) is 49.7 Å². The first-order chi connectivity index (χ1) is 11.6. The normalized spacial score (nSPS) is 22.7. The number of benzene rings is 1. The average Bonchev–Trinajstić information content (AvgIpc) is 3.24. The maximum atomic E-state index is 11.8. The second kappa shape index (κ2) is 6.72. The third-order valence-electron chi connectivity index (χ3n) is 5.24. The Labute approximate surface area is 142 Å². The quantitative estimate of drug-likeness (QED) is 0.775. The van der Waals surface area contributed by atoms with Gasteiger partial charge in [-0.05, 0) is 50.2 Å². The number of hydrogen-bond donors (Lipinski definition) is 0. The molecule has 0 aromatic heterocycles. The smallest absolute Gasteiger partial charge is 0.307 e. The molecule has 1 saturated carbocycles. The van der Waals surface area contributed by atoms with Crippen LogP contribution < -0.4 is 9.47 Å². The molecule has 0 N–H and O–H groups in total. The van der Waals surface area contributed by atoms with E-state index in [4.69, 9.17) is 14.2 Å². The van der Waals surface area contributed by atoms with Gasteiger partial charge in [-0.25, -0.2) is 0 Å². The summed E-state index contributed by atoms with van der Waals surface area (Å²) in [5.74, 6) is 1.09. The fourth-order valence-corrected chi connectivity index (χ4v) is 3.90. The molecule has 1 aromatic carbocycles. The lowest BCUT2D eigenvalue weighted by Crippen LogP contribution is -2.25. The van der Waals surface area contributed by atoms with Gasteiger partial charge in [-0.15, -0.1) is 0 Å². The van der Waals surface area contributed by atoms with E-state index in [9.17, 15) is 10.1 Å². The van der Waals surface area contributed by atoms with E-state index < -0.39 is 5.41 Å². The molecular formula is C19H23NO4. The Kier molecular flexibility index (Phi) is 4.66. The lowest BCUT2D eigenvalue weighted by atomic mass is 9.80. The number of ether oxygens (including phenoxy) is 3. The highest BCUT2D eigenvalue weighted by Crippen LogP contribution is 2.48. The highest BCUT2D eigenvalue weighted by molar-refractivity contribution is 5.73. The number of carbonyl (C=O) groups is 1. The summed E-state index contributed by atoms with van der Waals surface area (Å²) < 4.78 is 16.5. The number of rotatable bonds is 5. The van der Waals surface area contributed by atoms with Gasteiger partial charge >= 0.3 is 5.97 Å². The summed E-state index contributed by atoms with van der Waals surface area (Å²) >= 11 is 0. The van der Waals surface area contributed by atoms with E-state index >= 15 is 0 Å². The molecule has 0 aliphatic heterocycles. The molecule has 5 heteroatoms. The van der Waals surface area contributed by atoms with Crippen LogP contribution in [0.15, 0.2) is 12.1 Å². The molecule has 0 amide bonds. The zero-order valence-electron chi connectivity index (χ0n) is 14.3. The number of fused-ring (bicyclic) bond motifs is 1. The van der Waals surface area contributed by atoms with Crippen LogP contribution in [-0.2, 0) is 21.4 Å². The van der Waals surface area contributed by atoms with Crippen molar-refractivity contribution in [2.45, 2.75) is 56.5 Å². The number of nitriles is 1. The topological polar surface area (TPSA) is 68.6 Å². The van der Waals surface area contributed by atoms with E-state index in [1.54, 1.807) is 7.11 Å². The Morgan fingerprint density at radius 2 is 2.08 bits per heavy atom. The minimum absolute atomic E-state index is 0.0716. The van der Waals surface area contributed by atoms with Gasteiger partial charge in [0.15, 0.2) is 11.5 Å². The monoisotopic (exact) mass is 329 g/mol. The summed E-state index contributed by atoms with van der Waals surface area (Å²) in [6.45, 7) is 0. The van der Waals surface area contributed by atoms with Gasteiger partial charge in [0.25, 0.3) is 0 Å². The summed E-state index contributed by atoms with van der Waals surface area (Å²) in [7, 11) is 2.98. The maximum absolute atomic E-state index is 11.8. The second-order valence-corrected chi connectivity index (χ2v) is 6.59. The third kappa shape index (κ3) is 2.82. The van der Waals surface area contributed by atoms with Crippen molar-refractivity contribution in [2.75, 3.05) is 14.2 Å². The predicted octanol–water partition coefficient (Wildman–Crippen LogP) is 3.29. The fourth-order valence-electron chi connectivity index (χ4n) is 3.90. The summed E-state index contributed by atoms with van der Waals surface area (Å²) in [4.78, 5) is 11.8. The van der Waals surface area contributed by atoms with E-state index in [1.807, 2.05) is 12.1 Å². The molecule has 128 valence electrons. The summed E-state index contributed by atoms with van der Waals surface area (Å²) in [5.41, 5.74) is 1.05. The summed E-state index contributed by atoms with van der Waals surface area (Å²) in [6, 6.07) is 6.10. The van der Waals surface area contributed by atoms with Crippen LogP contribution in [0.2, 0.25) is 0 Å². The van der Waals surface area contributed by atoms with Crippen LogP contribution in [0.25, 0.3) is 0 Å². The highest BCUT2D eigenvalue weighted by atomic mass is 16.5. The van der Waals surface area contributed by atoms with Crippen molar-refractivity contribution in [3.63, 3.8) is 0 Å². The standard InChI is InChI=1S/C19H23NO4/c1-22-16-8-7-15-14(18(16)24-13-5-3-4-6-13)9-10-19(15,12-20)11-17(21)23-2/h7-8,13H,3-6,9-11H2,1-2H3. The first-order valence-electron chi connectivity index (χ1n) is 8.48. The number of nitrogens with zero attached hydrogens (tertiary/aromatic N) is 1. The lowest BCUT2D eigenvalue weighted by molar-refractivity contribution is -0.141. The first kappa shape index (κ1) is 16.6. The van der Waals surface area contributed by atoms with E-state index in [1.165, 1.54) is 20.0 Å². The average molecular weight is 329 g/mol. The van der Waals surface area contributed by atoms with Crippen molar-refractivity contribution in [2.24, 2.45) is 0 Å². The van der Waals surface area contributed by atoms with Crippen molar-refractivity contribution >= 4 is 5.97 Å². The van der Waals surface area contributed by atoms with Gasteiger partial charge in [0.2, 0.25) is 0 Å². The van der Waals surface area contributed by atoms with E-state index in [0.717, 1.165) is 29.7 Å². The Morgan fingerprint density at radius 1 is 1.33 bits per heavy atom. The summed E-state index contributed by atoms with van der Waals surface area (Å²) in [5, 5.41) is 9.78. The van der Waals surface area contributed by atoms with Crippen LogP contribution in [0.5, 0.6) is 11.5 Å². The number of methoxy groups -OCH3 is 2. The second-order valence-electron chi connectivity index (χ2n) is 6.59. The van der Waals surface area contributed by atoms with Crippen molar-refractivity contribution in [1.29, 1.82) is 5.26 Å². The van der Waals surface area contributed by atoms with Crippen LogP contribution >= 0.6 is 0 Å². The highest BCUT2D eigenvalue weighted by Gasteiger charge is 2.43. The van der Waals surface area contributed by atoms with Crippen molar-refractivity contribution in [3.8, 4) is 17.6 Å². The van der Waals surface area contributed by atoms with Gasteiger partial charge in [-0.1, -0.05) is 6.07 Å². The van der Waals surface area contributed by atoms with Crippen LogP contribution in [0, 0.1) is 11.3 Å². The van der Waals surface area contributed by atoms with Gasteiger partial charge < -0.3 is 14.2 Å². The predicted molar refractivity (Wildman–Crippen MR) is 88.1 cm³/mol. The van der Waals surface area contributed by atoms with Gasteiger partial charge in [-0.2, -0.15) is 5.26 Å². The third-order valence-corrected chi connectivity index (χ3v) is 5.24. The van der Waals surface area contributed by atoms with E-state index in [2.05, 4.69) is 6.07 Å². The maximum Gasteiger partial charge on any atom is 0.307 e. The van der Waals surface area contributed by atoms with Crippen LogP contribution in [0.3, 0.4) is 0 Å². The van der Waals surface area contributed by atoms with Gasteiger partial charge in [0.05, 0.1) is 38.2 Å². The number of carbonyl (C=O) groups excluding carboxylic acids is 1. The van der Waals surface area contributed by atoms with Gasteiger partial charge in [-0.3, -0.25) is 4.79 Å². The Bertz CT molecular complexity index is 673. The first-order valence-corrected chi connectivity index (χ1v) is 8.48. The molecule has 1 atom stereocenters. The molecule has 0 bridgehead atoms. The molecule has 3 rings (SSSR count). The molecule has 2 aliphatic rings. The molecule has 0 saturated heterocycles. The molecule has 0 heterocycles. The molecule has 2 aliphatic carbocycles. The van der Waals surface area contributed by atoms with E-state index in [-0.39, 0.29) is 18.5 Å². The fraction of sp³-hybridized carbons (Fsp3) is 0.579. The molecule has 1 fully saturated rings. The van der Waals surface area contributed by atoms with E-state index in [0.29, 0.717) is 18.6 Å². The molecule has 0 spiro atoms. The van der Waals surface area contributed by atoms with Crippen molar-refractivity contribution < 1.29 is 19.0 Å². The van der Waals surface area contributed by atoms with Crippen LogP contribution in [-0.4, -0.2) is 26.3 Å². The minimum Gasteiger partial charge on any atom is -0.493 e. The van der Waals surface area contributed by atoms with Crippen molar-refractivity contribution in [3.05, 3.63) is 23.3 Å². The van der Waals surface area contributed by atoms with Crippen LogP contribution in [0.4, 0.5) is 0 Å². The molecule has 1 unspecified atom stereocenters. The van der Waals surface area contributed by atoms with Gasteiger partial charge in [0, 0.05) is 5.56 Å². The summed E-state index contributed by atoms with van der Waals surface area (Å²) in [6.07, 6.45) is 6.07. The zero-order valence-corrected chi connectivity index (χ0v) is 14.3. The molecule has 0 radical (unpaired) electrons. The van der Waals surface area contributed by atoms with Gasteiger partial charge in [0.1, 0.15) is 0 Å². The Hall–Kier alpha value is -2.22. The molecule has 1 aromatic rings. The largest absolute Gasteiger partial charge is 0.493 e. The number of hydrogen-bond acceptors (Lipinski definition) is 5. The molecule has 24 heavy (non-hydrogen) atoms. The minimum atomic E-state index is -0.831. The number of esters is 1. The lowest BCUT2D eigenvalue weighted by Gasteiger charge is -2.23. The molecular weight excluding hydrogens is 306 g/mol. The SMILES string of the molecule is COC(=O)CC1(C#N)CCc2c1ccc(OC)c2OC1CCCC1.